The molecular weight excluding hydrogens is 260 g/mol. The van der Waals surface area contributed by atoms with Gasteiger partial charge < -0.3 is 0 Å². The maximum atomic E-state index is 12.2. The summed E-state index contributed by atoms with van der Waals surface area (Å²) in [5.74, 6) is 0. The van der Waals surface area contributed by atoms with Crippen LogP contribution in [0.3, 0.4) is 0 Å². The number of aryl methyl sites for hydroxylation is 1. The van der Waals surface area contributed by atoms with Gasteiger partial charge >= 0.3 is 0 Å². The van der Waals surface area contributed by atoms with Crippen LogP contribution in [-0.2, 0) is 6.42 Å². The second kappa shape index (κ2) is 5.44. The molecule has 0 saturated carbocycles. The first-order chi connectivity index (χ1) is 10.2. The molecule has 0 fully saturated rings. The number of H-pyrrole nitrogens is 1. The van der Waals surface area contributed by atoms with E-state index >= 15 is 0 Å². The van der Waals surface area contributed by atoms with Crippen molar-refractivity contribution < 1.29 is 0 Å². The van der Waals surface area contributed by atoms with Gasteiger partial charge in [-0.1, -0.05) is 55.0 Å². The summed E-state index contributed by atoms with van der Waals surface area (Å²) < 4.78 is 1.88. The van der Waals surface area contributed by atoms with Gasteiger partial charge in [-0.25, -0.2) is 0 Å². The standard InChI is InChI=1S/C18H18N2O/c1-3-16-17(14-7-5-4-6-8-14)20(19-18(16)21)15-11-9-13(2)10-12-15/h4-12H,3H2,1-2H3,(H,19,21). The van der Waals surface area contributed by atoms with Crippen molar-refractivity contribution in [1.29, 1.82) is 0 Å². The number of hydrogen-bond donors (Lipinski definition) is 1. The summed E-state index contributed by atoms with van der Waals surface area (Å²) in [6.07, 6.45) is 0.707. The minimum absolute atomic E-state index is 0.0167. The van der Waals surface area contributed by atoms with E-state index in [9.17, 15) is 4.79 Å². The average molecular weight is 278 g/mol. The molecule has 0 spiro atoms. The average Bonchev–Trinajstić information content (AvgIpc) is 2.85. The molecule has 3 rings (SSSR count). The highest BCUT2D eigenvalue weighted by Crippen LogP contribution is 2.24. The third kappa shape index (κ3) is 2.42. The van der Waals surface area contributed by atoms with Gasteiger partial charge in [0.25, 0.3) is 5.56 Å². The van der Waals surface area contributed by atoms with Crippen LogP contribution in [0.2, 0.25) is 0 Å². The predicted octanol–water partition coefficient (Wildman–Crippen LogP) is 3.70. The monoisotopic (exact) mass is 278 g/mol. The highest BCUT2D eigenvalue weighted by Gasteiger charge is 2.15. The first kappa shape index (κ1) is 13.4. The molecule has 0 aliphatic heterocycles. The van der Waals surface area contributed by atoms with Gasteiger partial charge in [-0.3, -0.25) is 14.6 Å². The number of rotatable bonds is 3. The number of aromatic amines is 1. The molecule has 0 bridgehead atoms. The fourth-order valence-electron chi connectivity index (χ4n) is 2.58. The zero-order chi connectivity index (χ0) is 14.8. The molecule has 0 amide bonds. The van der Waals surface area contributed by atoms with E-state index in [0.29, 0.717) is 6.42 Å². The summed E-state index contributed by atoms with van der Waals surface area (Å²) in [5, 5.41) is 2.96. The lowest BCUT2D eigenvalue weighted by Crippen LogP contribution is -2.06. The summed E-state index contributed by atoms with van der Waals surface area (Å²) in [6, 6.07) is 18.2. The second-order valence-corrected chi connectivity index (χ2v) is 5.16. The van der Waals surface area contributed by atoms with E-state index in [2.05, 4.69) is 12.0 Å². The van der Waals surface area contributed by atoms with Crippen molar-refractivity contribution in [1.82, 2.24) is 9.78 Å². The minimum Gasteiger partial charge on any atom is -0.268 e. The van der Waals surface area contributed by atoms with E-state index in [1.807, 2.05) is 66.2 Å². The van der Waals surface area contributed by atoms with Gasteiger partial charge in [0.1, 0.15) is 0 Å². The lowest BCUT2D eigenvalue weighted by Gasteiger charge is -2.10. The second-order valence-electron chi connectivity index (χ2n) is 5.16. The van der Waals surface area contributed by atoms with Gasteiger partial charge in [0.15, 0.2) is 0 Å². The molecule has 1 aromatic heterocycles. The van der Waals surface area contributed by atoms with Crippen LogP contribution in [0.1, 0.15) is 18.1 Å². The van der Waals surface area contributed by atoms with Crippen molar-refractivity contribution >= 4 is 0 Å². The Morgan fingerprint density at radius 2 is 1.67 bits per heavy atom. The Hall–Kier alpha value is -2.55. The van der Waals surface area contributed by atoms with Crippen LogP contribution in [0.25, 0.3) is 16.9 Å². The van der Waals surface area contributed by atoms with Gasteiger partial charge in [-0.2, -0.15) is 0 Å². The summed E-state index contributed by atoms with van der Waals surface area (Å²) in [7, 11) is 0. The largest absolute Gasteiger partial charge is 0.268 e. The molecule has 0 aliphatic carbocycles. The maximum Gasteiger partial charge on any atom is 0.268 e. The molecule has 0 unspecified atom stereocenters. The third-order valence-electron chi connectivity index (χ3n) is 3.69. The molecule has 1 N–H and O–H groups in total. The van der Waals surface area contributed by atoms with E-state index in [1.54, 1.807) is 0 Å². The van der Waals surface area contributed by atoms with Crippen LogP contribution < -0.4 is 5.56 Å². The first-order valence-electron chi connectivity index (χ1n) is 7.17. The third-order valence-corrected chi connectivity index (χ3v) is 3.69. The molecule has 3 heteroatoms. The number of benzene rings is 2. The molecule has 106 valence electrons. The Kier molecular flexibility index (Phi) is 3.48. The quantitative estimate of drug-likeness (QED) is 0.779. The van der Waals surface area contributed by atoms with Gasteiger partial charge in [-0.15, -0.1) is 0 Å². The zero-order valence-electron chi connectivity index (χ0n) is 12.3. The number of nitrogens with one attached hydrogen (secondary N) is 1. The van der Waals surface area contributed by atoms with Crippen LogP contribution >= 0.6 is 0 Å². The zero-order valence-corrected chi connectivity index (χ0v) is 12.3. The van der Waals surface area contributed by atoms with Crippen molar-refractivity contribution in [3.63, 3.8) is 0 Å². The highest BCUT2D eigenvalue weighted by atomic mass is 16.1. The molecule has 3 nitrogen and oxygen atoms in total. The van der Waals surface area contributed by atoms with Crippen molar-refractivity contribution in [2.45, 2.75) is 20.3 Å². The molecule has 21 heavy (non-hydrogen) atoms. The maximum absolute atomic E-state index is 12.2. The Labute approximate surface area is 123 Å². The molecule has 0 radical (unpaired) electrons. The van der Waals surface area contributed by atoms with Crippen LogP contribution in [0.5, 0.6) is 0 Å². The Balaban J connectivity index is 2.26. The van der Waals surface area contributed by atoms with E-state index in [-0.39, 0.29) is 5.56 Å². The summed E-state index contributed by atoms with van der Waals surface area (Å²) in [5.41, 5.74) is 4.97. The molecule has 3 aromatic rings. The predicted molar refractivity (Wildman–Crippen MR) is 85.9 cm³/mol. The van der Waals surface area contributed by atoms with Crippen LogP contribution in [0, 0.1) is 6.92 Å². The first-order valence-corrected chi connectivity index (χ1v) is 7.17. The van der Waals surface area contributed by atoms with Crippen LogP contribution in [0.4, 0.5) is 0 Å². The lowest BCUT2D eigenvalue weighted by atomic mass is 10.1. The summed E-state index contributed by atoms with van der Waals surface area (Å²) in [4.78, 5) is 12.2. The van der Waals surface area contributed by atoms with E-state index in [0.717, 1.165) is 22.5 Å². The summed E-state index contributed by atoms with van der Waals surface area (Å²) in [6.45, 7) is 4.06. The minimum atomic E-state index is -0.0167. The lowest BCUT2D eigenvalue weighted by molar-refractivity contribution is 0.870. The van der Waals surface area contributed by atoms with Gasteiger partial charge in [0.05, 0.1) is 11.4 Å². The molecule has 2 aromatic carbocycles. The Morgan fingerprint density at radius 1 is 1.00 bits per heavy atom. The van der Waals surface area contributed by atoms with Crippen LogP contribution in [-0.4, -0.2) is 9.78 Å². The van der Waals surface area contributed by atoms with Gasteiger partial charge in [0.2, 0.25) is 0 Å². The van der Waals surface area contributed by atoms with Gasteiger partial charge in [-0.05, 0) is 25.5 Å². The van der Waals surface area contributed by atoms with Crippen molar-refractivity contribution in [2.75, 3.05) is 0 Å². The van der Waals surface area contributed by atoms with Crippen molar-refractivity contribution in [2.24, 2.45) is 0 Å². The fourth-order valence-corrected chi connectivity index (χ4v) is 2.58. The highest BCUT2D eigenvalue weighted by molar-refractivity contribution is 5.65. The Morgan fingerprint density at radius 3 is 2.29 bits per heavy atom. The van der Waals surface area contributed by atoms with Crippen molar-refractivity contribution in [3.8, 4) is 16.9 Å². The van der Waals surface area contributed by atoms with E-state index in [1.165, 1.54) is 5.56 Å². The number of aromatic nitrogens is 2. The molecule has 1 heterocycles. The topological polar surface area (TPSA) is 37.8 Å². The molecule has 0 saturated heterocycles. The van der Waals surface area contributed by atoms with E-state index < -0.39 is 0 Å². The Bertz CT molecular complexity index is 795. The van der Waals surface area contributed by atoms with Gasteiger partial charge in [0, 0.05) is 11.1 Å². The van der Waals surface area contributed by atoms with Crippen LogP contribution in [0.15, 0.2) is 59.4 Å². The number of hydrogen-bond acceptors (Lipinski definition) is 1. The normalized spacial score (nSPS) is 10.8. The molecular formula is C18H18N2O. The molecule has 0 aliphatic rings. The fraction of sp³-hybridized carbons (Fsp3) is 0.167. The SMILES string of the molecule is CCc1c(-c2ccccc2)n(-c2ccc(C)cc2)[nH]c1=O. The molecule has 0 atom stereocenters. The smallest absolute Gasteiger partial charge is 0.268 e. The number of nitrogens with zero attached hydrogens (tertiary/aromatic N) is 1. The van der Waals surface area contributed by atoms with Crippen molar-refractivity contribution in [3.05, 3.63) is 76.1 Å². The van der Waals surface area contributed by atoms with E-state index in [4.69, 9.17) is 0 Å². The summed E-state index contributed by atoms with van der Waals surface area (Å²) >= 11 is 0.